The number of hydrogen-bond donors (Lipinski definition) is 2. The second kappa shape index (κ2) is 8.85. The number of rotatable bonds is 8. The molecule has 1 heterocycles. The van der Waals surface area contributed by atoms with Gasteiger partial charge in [-0.25, -0.2) is 0 Å². The molecule has 0 fully saturated rings. The molecular formula is C23H29N3O4. The smallest absolute Gasteiger partial charge is 0.254 e. The Morgan fingerprint density at radius 3 is 2.57 bits per heavy atom. The van der Waals surface area contributed by atoms with E-state index in [1.807, 2.05) is 61.5 Å². The molecule has 2 aromatic rings. The molecule has 3 rings (SSSR count). The van der Waals surface area contributed by atoms with Crippen LogP contribution in [0, 0.1) is 0 Å². The van der Waals surface area contributed by atoms with Crippen molar-refractivity contribution in [2.45, 2.75) is 25.1 Å². The van der Waals surface area contributed by atoms with E-state index >= 15 is 0 Å². The molecule has 2 atom stereocenters. The molecule has 0 saturated heterocycles. The van der Waals surface area contributed by atoms with Gasteiger partial charge in [0.1, 0.15) is 5.75 Å². The highest BCUT2D eigenvalue weighted by molar-refractivity contribution is 5.98. The molecule has 30 heavy (non-hydrogen) atoms. The highest BCUT2D eigenvalue weighted by Gasteiger charge is 2.37. The van der Waals surface area contributed by atoms with Gasteiger partial charge in [0, 0.05) is 24.2 Å². The number of β-amino-alcohol motifs (C(OH)–C–C–N with tert-alkyl or cyclic N) is 1. The molecule has 160 valence electrons. The second-order valence-electron chi connectivity index (χ2n) is 8.02. The van der Waals surface area contributed by atoms with Crippen LogP contribution in [0.2, 0.25) is 0 Å². The fourth-order valence-corrected chi connectivity index (χ4v) is 3.78. The lowest BCUT2D eigenvalue weighted by Crippen LogP contribution is -2.53. The maximum Gasteiger partial charge on any atom is 0.254 e. The van der Waals surface area contributed by atoms with Crippen LogP contribution in [0.3, 0.4) is 0 Å². The van der Waals surface area contributed by atoms with Crippen LogP contribution in [0.15, 0.2) is 48.5 Å². The number of benzene rings is 2. The van der Waals surface area contributed by atoms with Gasteiger partial charge in [0.15, 0.2) is 5.60 Å². The Bertz CT molecular complexity index is 926. The topological polar surface area (TPSA) is 82.1 Å². The maximum absolute atomic E-state index is 12.8. The number of aliphatic hydroxyl groups is 1. The van der Waals surface area contributed by atoms with Crippen LogP contribution < -0.4 is 10.1 Å². The van der Waals surface area contributed by atoms with Crippen molar-refractivity contribution in [2.75, 3.05) is 34.3 Å². The Hall–Kier alpha value is -2.90. The van der Waals surface area contributed by atoms with Gasteiger partial charge >= 0.3 is 0 Å². The van der Waals surface area contributed by atoms with Crippen molar-refractivity contribution >= 4 is 11.8 Å². The van der Waals surface area contributed by atoms with E-state index in [2.05, 4.69) is 5.32 Å². The lowest BCUT2D eigenvalue weighted by atomic mass is 10.0. The summed E-state index contributed by atoms with van der Waals surface area (Å²) in [7, 11) is 5.45. The summed E-state index contributed by atoms with van der Waals surface area (Å²) in [6, 6.07) is 14.8. The summed E-state index contributed by atoms with van der Waals surface area (Å²) < 4.78 is 5.45. The monoisotopic (exact) mass is 411 g/mol. The summed E-state index contributed by atoms with van der Waals surface area (Å²) in [6.07, 6.45) is 0. The quantitative estimate of drug-likeness (QED) is 0.693. The van der Waals surface area contributed by atoms with E-state index < -0.39 is 11.5 Å². The highest BCUT2D eigenvalue weighted by Crippen LogP contribution is 2.28. The number of ether oxygens (including phenoxy) is 1. The molecule has 7 heteroatoms. The predicted molar refractivity (Wildman–Crippen MR) is 114 cm³/mol. The van der Waals surface area contributed by atoms with E-state index in [4.69, 9.17) is 4.74 Å². The normalized spacial score (nSPS) is 16.2. The largest absolute Gasteiger partial charge is 0.496 e. The van der Waals surface area contributed by atoms with Crippen LogP contribution in [-0.2, 0) is 11.3 Å². The Balaban J connectivity index is 1.66. The van der Waals surface area contributed by atoms with Crippen LogP contribution in [0.5, 0.6) is 5.75 Å². The number of fused-ring (bicyclic) bond motifs is 1. The van der Waals surface area contributed by atoms with E-state index in [9.17, 15) is 14.7 Å². The minimum absolute atomic E-state index is 0.0758. The number of nitrogens with one attached hydrogen (secondary N) is 1. The van der Waals surface area contributed by atoms with Crippen LogP contribution >= 0.6 is 0 Å². The zero-order valence-corrected chi connectivity index (χ0v) is 17.9. The number of amides is 2. The molecule has 1 aliphatic heterocycles. The first-order chi connectivity index (χ1) is 14.2. The third kappa shape index (κ3) is 4.47. The van der Waals surface area contributed by atoms with Crippen LogP contribution in [0.4, 0.5) is 0 Å². The first-order valence-corrected chi connectivity index (χ1v) is 9.92. The highest BCUT2D eigenvalue weighted by atomic mass is 16.5. The Labute approximate surface area is 177 Å². The molecule has 7 nitrogen and oxygen atoms in total. The van der Waals surface area contributed by atoms with Crippen molar-refractivity contribution in [1.82, 2.24) is 15.1 Å². The van der Waals surface area contributed by atoms with Gasteiger partial charge in [-0.05, 0) is 38.7 Å². The fraction of sp³-hybridized carbons (Fsp3) is 0.391. The number of para-hydroxylation sites is 1. The second-order valence-corrected chi connectivity index (χ2v) is 8.02. The number of nitrogens with zero attached hydrogens (tertiary/aromatic N) is 2. The summed E-state index contributed by atoms with van der Waals surface area (Å²) >= 11 is 0. The van der Waals surface area contributed by atoms with E-state index in [-0.39, 0.29) is 25.0 Å². The zero-order chi connectivity index (χ0) is 21.9. The predicted octanol–water partition coefficient (Wildman–Crippen LogP) is 1.82. The van der Waals surface area contributed by atoms with Crippen molar-refractivity contribution in [3.63, 3.8) is 0 Å². The van der Waals surface area contributed by atoms with Gasteiger partial charge in [0.25, 0.3) is 11.8 Å². The Kier molecular flexibility index (Phi) is 6.43. The van der Waals surface area contributed by atoms with Gasteiger partial charge in [-0.1, -0.05) is 36.4 Å². The summed E-state index contributed by atoms with van der Waals surface area (Å²) in [5.41, 5.74) is 0.755. The van der Waals surface area contributed by atoms with Gasteiger partial charge in [-0.3, -0.25) is 9.59 Å². The van der Waals surface area contributed by atoms with Crippen molar-refractivity contribution in [1.29, 1.82) is 0 Å². The first kappa shape index (κ1) is 21.8. The van der Waals surface area contributed by atoms with Crippen molar-refractivity contribution in [3.05, 3.63) is 65.2 Å². The molecule has 0 spiro atoms. The molecule has 2 aromatic carbocycles. The number of likely N-dealkylation sites (N-methyl/N-ethyl adjacent to an activating group) is 1. The maximum atomic E-state index is 12.8. The number of methoxy groups -OCH3 is 1. The zero-order valence-electron chi connectivity index (χ0n) is 17.9. The van der Waals surface area contributed by atoms with Crippen molar-refractivity contribution in [2.24, 2.45) is 0 Å². The van der Waals surface area contributed by atoms with Gasteiger partial charge in [0.2, 0.25) is 0 Å². The van der Waals surface area contributed by atoms with Gasteiger partial charge in [-0.2, -0.15) is 0 Å². The number of carbonyl (C=O) groups is 2. The molecule has 2 amide bonds. The summed E-state index contributed by atoms with van der Waals surface area (Å²) in [4.78, 5) is 28.9. The Morgan fingerprint density at radius 2 is 1.90 bits per heavy atom. The van der Waals surface area contributed by atoms with Crippen LogP contribution in [0.1, 0.15) is 34.5 Å². The summed E-state index contributed by atoms with van der Waals surface area (Å²) in [5, 5.41) is 13.7. The minimum Gasteiger partial charge on any atom is -0.496 e. The number of carbonyl (C=O) groups excluding carboxylic acids is 2. The third-order valence-electron chi connectivity index (χ3n) is 5.46. The van der Waals surface area contributed by atoms with Crippen molar-refractivity contribution < 1.29 is 19.4 Å². The summed E-state index contributed by atoms with van der Waals surface area (Å²) in [6.45, 7) is 2.04. The van der Waals surface area contributed by atoms with Crippen LogP contribution in [0.25, 0.3) is 0 Å². The molecule has 0 bridgehead atoms. The standard InChI is InChI=1S/C23H29N3O4/c1-23(29,15-26-14-16-9-5-6-10-17(16)21(26)27)22(28)24-13-19(25(2)3)18-11-7-8-12-20(18)30-4/h5-12,19,29H,13-15H2,1-4H3,(H,24,28). The molecule has 0 aromatic heterocycles. The summed E-state index contributed by atoms with van der Waals surface area (Å²) in [5.74, 6) is 0.0458. The first-order valence-electron chi connectivity index (χ1n) is 9.92. The molecule has 2 unspecified atom stereocenters. The molecular weight excluding hydrogens is 382 g/mol. The van der Waals surface area contributed by atoms with Gasteiger partial charge in [0.05, 0.1) is 19.7 Å². The van der Waals surface area contributed by atoms with Crippen LogP contribution in [-0.4, -0.2) is 66.6 Å². The minimum atomic E-state index is -1.71. The Morgan fingerprint density at radius 1 is 1.23 bits per heavy atom. The van der Waals surface area contributed by atoms with E-state index in [0.29, 0.717) is 12.1 Å². The molecule has 0 aliphatic carbocycles. The average molecular weight is 412 g/mol. The number of hydrogen-bond acceptors (Lipinski definition) is 5. The lowest BCUT2D eigenvalue weighted by Gasteiger charge is -2.30. The SMILES string of the molecule is COc1ccccc1C(CNC(=O)C(C)(O)CN1Cc2ccccc2C1=O)N(C)C. The molecule has 1 aliphatic rings. The molecule has 0 saturated carbocycles. The fourth-order valence-electron chi connectivity index (χ4n) is 3.78. The average Bonchev–Trinajstić information content (AvgIpc) is 3.03. The van der Waals surface area contributed by atoms with E-state index in [1.54, 1.807) is 13.2 Å². The molecule has 0 radical (unpaired) electrons. The van der Waals surface area contributed by atoms with Crippen molar-refractivity contribution in [3.8, 4) is 5.75 Å². The lowest BCUT2D eigenvalue weighted by molar-refractivity contribution is -0.139. The van der Waals surface area contributed by atoms with Gasteiger partial charge < -0.3 is 25.0 Å². The molecule has 2 N–H and O–H groups in total. The van der Waals surface area contributed by atoms with Gasteiger partial charge in [-0.15, -0.1) is 0 Å². The van der Waals surface area contributed by atoms with E-state index in [1.165, 1.54) is 11.8 Å². The van der Waals surface area contributed by atoms with E-state index in [0.717, 1.165) is 16.9 Å². The third-order valence-corrected chi connectivity index (χ3v) is 5.46.